The smallest absolute Gasteiger partial charge is 0.223 e. The van der Waals surface area contributed by atoms with Crippen LogP contribution in [0.2, 0.25) is 0 Å². The van der Waals surface area contributed by atoms with E-state index in [1.54, 1.807) is 27.9 Å². The van der Waals surface area contributed by atoms with Crippen LogP contribution in [0, 0.1) is 5.92 Å². The summed E-state index contributed by atoms with van der Waals surface area (Å²) in [5, 5.41) is 2.75. The Bertz CT molecular complexity index is 676. The van der Waals surface area contributed by atoms with Gasteiger partial charge in [0.1, 0.15) is 5.75 Å². The SMILES string of the molecule is COc1cccc(C2CC2C(=O)NCCS(=O)(=O)C(C)(C)C)c1. The molecule has 0 aromatic heterocycles. The maximum atomic E-state index is 12.1. The van der Waals surface area contributed by atoms with Crippen molar-refractivity contribution in [3.63, 3.8) is 0 Å². The molecule has 6 heteroatoms. The first-order valence-electron chi connectivity index (χ1n) is 7.79. The molecule has 2 rings (SSSR count). The summed E-state index contributed by atoms with van der Waals surface area (Å²) < 4.78 is 28.4. The number of ether oxygens (including phenoxy) is 1. The average Bonchev–Trinajstić information content (AvgIpc) is 3.26. The lowest BCUT2D eigenvalue weighted by molar-refractivity contribution is -0.122. The Morgan fingerprint density at radius 2 is 2.04 bits per heavy atom. The molecule has 1 saturated carbocycles. The number of sulfone groups is 1. The fraction of sp³-hybridized carbons (Fsp3) is 0.588. The van der Waals surface area contributed by atoms with E-state index in [1.165, 1.54) is 0 Å². The summed E-state index contributed by atoms with van der Waals surface area (Å²) in [6.45, 7) is 5.18. The molecule has 1 amide bonds. The topological polar surface area (TPSA) is 72.5 Å². The fourth-order valence-electron chi connectivity index (χ4n) is 2.47. The Morgan fingerprint density at radius 1 is 1.35 bits per heavy atom. The molecule has 0 saturated heterocycles. The van der Waals surface area contributed by atoms with Crippen LogP contribution in [0.15, 0.2) is 24.3 Å². The zero-order chi connectivity index (χ0) is 17.3. The minimum absolute atomic E-state index is 0.0290. The maximum absolute atomic E-state index is 12.1. The number of nitrogens with one attached hydrogen (secondary N) is 1. The van der Waals surface area contributed by atoms with Crippen LogP contribution in [0.25, 0.3) is 0 Å². The van der Waals surface area contributed by atoms with Crippen molar-refractivity contribution in [3.05, 3.63) is 29.8 Å². The van der Waals surface area contributed by atoms with Crippen LogP contribution in [0.5, 0.6) is 5.75 Å². The first-order chi connectivity index (χ1) is 10.7. The van der Waals surface area contributed by atoms with E-state index in [0.717, 1.165) is 17.7 Å². The molecule has 0 aliphatic heterocycles. The molecular weight excluding hydrogens is 314 g/mol. The molecular formula is C17H25NO4S. The number of carbonyl (C=O) groups is 1. The van der Waals surface area contributed by atoms with Crippen LogP contribution in [0.4, 0.5) is 0 Å². The minimum atomic E-state index is -3.20. The zero-order valence-electron chi connectivity index (χ0n) is 14.1. The summed E-state index contributed by atoms with van der Waals surface area (Å²) in [5.41, 5.74) is 1.09. The number of carbonyl (C=O) groups excluding carboxylic acids is 1. The van der Waals surface area contributed by atoms with Crippen LogP contribution < -0.4 is 10.1 Å². The highest BCUT2D eigenvalue weighted by atomic mass is 32.2. The van der Waals surface area contributed by atoms with Gasteiger partial charge >= 0.3 is 0 Å². The van der Waals surface area contributed by atoms with E-state index in [1.807, 2.05) is 24.3 Å². The van der Waals surface area contributed by atoms with Crippen molar-refractivity contribution >= 4 is 15.7 Å². The van der Waals surface area contributed by atoms with Gasteiger partial charge in [-0.1, -0.05) is 12.1 Å². The van der Waals surface area contributed by atoms with Crippen molar-refractivity contribution in [2.45, 2.75) is 37.9 Å². The molecule has 1 fully saturated rings. The van der Waals surface area contributed by atoms with Crippen LogP contribution in [-0.4, -0.2) is 38.5 Å². The third kappa shape index (κ3) is 4.25. The molecule has 0 spiro atoms. The van der Waals surface area contributed by atoms with E-state index >= 15 is 0 Å². The average molecular weight is 339 g/mol. The summed E-state index contributed by atoms with van der Waals surface area (Å²) in [6, 6.07) is 7.72. The first-order valence-corrected chi connectivity index (χ1v) is 9.45. The molecule has 0 radical (unpaired) electrons. The summed E-state index contributed by atoms with van der Waals surface area (Å²) in [4.78, 5) is 12.1. The second-order valence-corrected chi connectivity index (χ2v) is 9.81. The third-order valence-corrected chi connectivity index (χ3v) is 6.86. The molecule has 23 heavy (non-hydrogen) atoms. The Kier molecular flexibility index (Phi) is 5.04. The standard InChI is InChI=1S/C17H25NO4S/c1-17(2,3)23(20,21)9-8-18-16(19)15-11-14(15)12-6-5-7-13(10-12)22-4/h5-7,10,14-15H,8-9,11H2,1-4H3,(H,18,19). The van der Waals surface area contributed by atoms with Gasteiger partial charge < -0.3 is 10.1 Å². The van der Waals surface area contributed by atoms with Crippen LogP contribution in [0.3, 0.4) is 0 Å². The lowest BCUT2D eigenvalue weighted by atomic mass is 10.1. The Balaban J connectivity index is 1.85. The highest BCUT2D eigenvalue weighted by Crippen LogP contribution is 2.48. The molecule has 2 unspecified atom stereocenters. The van der Waals surface area contributed by atoms with Gasteiger partial charge in [-0.05, 0) is 50.8 Å². The highest BCUT2D eigenvalue weighted by Gasteiger charge is 2.44. The van der Waals surface area contributed by atoms with Gasteiger partial charge in [0.2, 0.25) is 5.91 Å². The summed E-state index contributed by atoms with van der Waals surface area (Å²) >= 11 is 0. The minimum Gasteiger partial charge on any atom is -0.497 e. The quantitative estimate of drug-likeness (QED) is 0.862. The van der Waals surface area contributed by atoms with Crippen molar-refractivity contribution in [1.29, 1.82) is 0 Å². The first kappa shape index (κ1) is 17.8. The van der Waals surface area contributed by atoms with Gasteiger partial charge in [0.05, 0.1) is 17.6 Å². The molecule has 0 heterocycles. The van der Waals surface area contributed by atoms with Gasteiger partial charge in [-0.3, -0.25) is 4.79 Å². The number of benzene rings is 1. The van der Waals surface area contributed by atoms with Gasteiger partial charge in [-0.25, -0.2) is 8.42 Å². The lowest BCUT2D eigenvalue weighted by Crippen LogP contribution is -2.37. The molecule has 1 N–H and O–H groups in total. The van der Waals surface area contributed by atoms with Gasteiger partial charge in [0.25, 0.3) is 0 Å². The second kappa shape index (κ2) is 6.51. The number of rotatable bonds is 6. The van der Waals surface area contributed by atoms with Gasteiger partial charge in [-0.2, -0.15) is 0 Å². The van der Waals surface area contributed by atoms with Gasteiger partial charge in [0.15, 0.2) is 9.84 Å². The molecule has 128 valence electrons. The molecule has 2 atom stereocenters. The van der Waals surface area contributed by atoms with E-state index in [9.17, 15) is 13.2 Å². The van der Waals surface area contributed by atoms with E-state index < -0.39 is 14.6 Å². The second-order valence-electron chi connectivity index (χ2n) is 6.95. The number of amides is 1. The molecule has 1 aliphatic rings. The number of methoxy groups -OCH3 is 1. The maximum Gasteiger partial charge on any atom is 0.223 e. The lowest BCUT2D eigenvalue weighted by Gasteiger charge is -2.19. The van der Waals surface area contributed by atoms with Crippen LogP contribution in [-0.2, 0) is 14.6 Å². The van der Waals surface area contributed by atoms with Crippen molar-refractivity contribution in [1.82, 2.24) is 5.32 Å². The molecule has 0 bridgehead atoms. The summed E-state index contributed by atoms with van der Waals surface area (Å²) in [5.74, 6) is 0.814. The Morgan fingerprint density at radius 3 is 2.65 bits per heavy atom. The number of hydrogen-bond acceptors (Lipinski definition) is 4. The predicted octanol–water partition coefficient (Wildman–Crippen LogP) is 2.13. The van der Waals surface area contributed by atoms with Gasteiger partial charge in [-0.15, -0.1) is 0 Å². The van der Waals surface area contributed by atoms with Crippen LogP contribution in [0.1, 0.15) is 38.7 Å². The molecule has 1 aromatic carbocycles. The highest BCUT2D eigenvalue weighted by molar-refractivity contribution is 7.92. The van der Waals surface area contributed by atoms with Crippen molar-refractivity contribution in [3.8, 4) is 5.75 Å². The molecule has 1 aliphatic carbocycles. The van der Waals surface area contributed by atoms with Crippen molar-refractivity contribution in [2.24, 2.45) is 5.92 Å². The fourth-order valence-corrected chi connectivity index (χ4v) is 3.45. The van der Waals surface area contributed by atoms with Crippen molar-refractivity contribution < 1.29 is 17.9 Å². The van der Waals surface area contributed by atoms with E-state index in [4.69, 9.17) is 4.74 Å². The van der Waals surface area contributed by atoms with Gasteiger partial charge in [0, 0.05) is 12.5 Å². The van der Waals surface area contributed by atoms with Crippen molar-refractivity contribution in [2.75, 3.05) is 19.4 Å². The van der Waals surface area contributed by atoms with E-state index in [-0.39, 0.29) is 30.0 Å². The third-order valence-electron chi connectivity index (χ3n) is 4.25. The number of hydrogen-bond donors (Lipinski definition) is 1. The molecule has 5 nitrogen and oxygen atoms in total. The summed E-state index contributed by atoms with van der Waals surface area (Å²) in [6.07, 6.45) is 0.797. The predicted molar refractivity (Wildman–Crippen MR) is 90.4 cm³/mol. The Labute approximate surface area is 138 Å². The van der Waals surface area contributed by atoms with E-state index in [0.29, 0.717) is 0 Å². The zero-order valence-corrected chi connectivity index (χ0v) is 14.9. The summed E-state index contributed by atoms with van der Waals surface area (Å²) in [7, 11) is -1.59. The Hall–Kier alpha value is -1.56. The van der Waals surface area contributed by atoms with E-state index in [2.05, 4.69) is 5.32 Å². The molecule has 1 aromatic rings. The monoisotopic (exact) mass is 339 g/mol. The van der Waals surface area contributed by atoms with Crippen LogP contribution >= 0.6 is 0 Å². The largest absolute Gasteiger partial charge is 0.497 e. The normalized spacial score (nSPS) is 20.9.